The summed E-state index contributed by atoms with van der Waals surface area (Å²) in [4.78, 5) is 11.2. The number of aliphatic hydroxyl groups excluding tert-OH is 1. The van der Waals surface area contributed by atoms with Crippen LogP contribution in [0.25, 0.3) is 0 Å². The van der Waals surface area contributed by atoms with Crippen LogP contribution in [0, 0.1) is 0 Å². The SMILES string of the molecule is CC(O)C(C)SCCOc1ccc(C(=O)NN)cc1. The molecule has 0 aliphatic carbocycles. The van der Waals surface area contributed by atoms with E-state index in [2.05, 4.69) is 5.43 Å². The lowest BCUT2D eigenvalue weighted by atomic mass is 10.2. The van der Waals surface area contributed by atoms with Gasteiger partial charge in [0.2, 0.25) is 0 Å². The maximum Gasteiger partial charge on any atom is 0.265 e. The van der Waals surface area contributed by atoms with Gasteiger partial charge in [-0.1, -0.05) is 6.92 Å². The van der Waals surface area contributed by atoms with Crippen molar-refractivity contribution in [1.29, 1.82) is 0 Å². The molecule has 5 nitrogen and oxygen atoms in total. The smallest absolute Gasteiger partial charge is 0.265 e. The van der Waals surface area contributed by atoms with Gasteiger partial charge in [-0.3, -0.25) is 10.2 Å². The Bertz CT molecular complexity index is 395. The summed E-state index contributed by atoms with van der Waals surface area (Å²) in [5.41, 5.74) is 2.56. The second kappa shape index (κ2) is 8.04. The molecule has 2 atom stereocenters. The lowest BCUT2D eigenvalue weighted by Crippen LogP contribution is -2.29. The summed E-state index contributed by atoms with van der Waals surface area (Å²) >= 11 is 1.66. The fourth-order valence-electron chi connectivity index (χ4n) is 1.32. The van der Waals surface area contributed by atoms with Crippen molar-refractivity contribution in [2.75, 3.05) is 12.4 Å². The Kier molecular flexibility index (Phi) is 6.69. The molecule has 1 amide bonds. The number of carbonyl (C=O) groups is 1. The zero-order chi connectivity index (χ0) is 14.3. The third kappa shape index (κ3) is 5.50. The number of hydrogen-bond donors (Lipinski definition) is 3. The van der Waals surface area contributed by atoms with Crippen molar-refractivity contribution in [2.45, 2.75) is 25.2 Å². The minimum atomic E-state index is -0.326. The van der Waals surface area contributed by atoms with Crippen LogP contribution in [0.3, 0.4) is 0 Å². The van der Waals surface area contributed by atoms with Crippen molar-refractivity contribution in [3.8, 4) is 5.75 Å². The van der Waals surface area contributed by atoms with Gasteiger partial charge in [0.1, 0.15) is 5.75 Å². The fraction of sp³-hybridized carbons (Fsp3) is 0.462. The Hall–Kier alpha value is -1.24. The molecule has 0 spiro atoms. The molecule has 0 bridgehead atoms. The molecule has 0 heterocycles. The summed E-state index contributed by atoms with van der Waals surface area (Å²) in [5.74, 6) is 6.22. The highest BCUT2D eigenvalue weighted by atomic mass is 32.2. The number of thioether (sulfide) groups is 1. The molecule has 0 aliphatic rings. The number of carbonyl (C=O) groups excluding carboxylic acids is 1. The van der Waals surface area contributed by atoms with E-state index in [0.29, 0.717) is 17.9 Å². The summed E-state index contributed by atoms with van der Waals surface area (Å²) in [5, 5.41) is 9.53. The Labute approximate surface area is 117 Å². The van der Waals surface area contributed by atoms with Crippen molar-refractivity contribution in [3.63, 3.8) is 0 Å². The molecule has 2 unspecified atom stereocenters. The number of amides is 1. The van der Waals surface area contributed by atoms with Crippen molar-refractivity contribution < 1.29 is 14.6 Å². The van der Waals surface area contributed by atoms with E-state index in [-0.39, 0.29) is 17.3 Å². The molecular weight excluding hydrogens is 264 g/mol. The summed E-state index contributed by atoms with van der Waals surface area (Å²) in [7, 11) is 0. The third-order valence-corrected chi connectivity index (χ3v) is 3.98. The molecular formula is C13H20N2O3S. The second-order valence-corrected chi connectivity index (χ2v) is 5.65. The number of hydrogen-bond acceptors (Lipinski definition) is 5. The van der Waals surface area contributed by atoms with Gasteiger partial charge in [0.05, 0.1) is 12.7 Å². The largest absolute Gasteiger partial charge is 0.493 e. The summed E-state index contributed by atoms with van der Waals surface area (Å²) in [6.07, 6.45) is -0.320. The minimum absolute atomic E-state index is 0.194. The summed E-state index contributed by atoms with van der Waals surface area (Å²) < 4.78 is 5.54. The molecule has 4 N–H and O–H groups in total. The third-order valence-electron chi connectivity index (χ3n) is 2.66. The number of hydrazine groups is 1. The van der Waals surface area contributed by atoms with Gasteiger partial charge in [-0.2, -0.15) is 11.8 Å². The van der Waals surface area contributed by atoms with Crippen LogP contribution in [0.1, 0.15) is 24.2 Å². The lowest BCUT2D eigenvalue weighted by Gasteiger charge is -2.14. The molecule has 0 fully saturated rings. The van der Waals surface area contributed by atoms with Crippen LogP contribution in [0.4, 0.5) is 0 Å². The average molecular weight is 284 g/mol. The topological polar surface area (TPSA) is 84.6 Å². The van der Waals surface area contributed by atoms with Crippen LogP contribution in [0.5, 0.6) is 5.75 Å². The highest BCUT2D eigenvalue weighted by Crippen LogP contribution is 2.16. The summed E-state index contributed by atoms with van der Waals surface area (Å²) in [6, 6.07) is 6.77. The van der Waals surface area contributed by atoms with Gasteiger partial charge in [0.25, 0.3) is 5.91 Å². The van der Waals surface area contributed by atoms with Crippen LogP contribution in [0.2, 0.25) is 0 Å². The lowest BCUT2D eigenvalue weighted by molar-refractivity contribution is 0.0953. The number of aliphatic hydroxyl groups is 1. The highest BCUT2D eigenvalue weighted by molar-refractivity contribution is 7.99. The van der Waals surface area contributed by atoms with E-state index in [4.69, 9.17) is 10.6 Å². The molecule has 1 aromatic rings. The minimum Gasteiger partial charge on any atom is -0.493 e. The maximum atomic E-state index is 11.2. The van der Waals surface area contributed by atoms with Gasteiger partial charge in [0.15, 0.2) is 0 Å². The van der Waals surface area contributed by atoms with Crippen molar-refractivity contribution in [1.82, 2.24) is 5.43 Å². The Morgan fingerprint density at radius 2 is 2.05 bits per heavy atom. The predicted molar refractivity (Wildman–Crippen MR) is 77.2 cm³/mol. The highest BCUT2D eigenvalue weighted by Gasteiger charge is 2.08. The first-order chi connectivity index (χ1) is 9.04. The van der Waals surface area contributed by atoms with E-state index >= 15 is 0 Å². The van der Waals surface area contributed by atoms with Crippen LogP contribution < -0.4 is 16.0 Å². The standard InChI is InChI=1S/C13H20N2O3S/c1-9(16)10(2)19-8-7-18-12-5-3-11(4-6-12)13(17)15-14/h3-6,9-10,16H,7-8,14H2,1-2H3,(H,15,17). The van der Waals surface area contributed by atoms with E-state index in [1.165, 1.54) is 0 Å². The van der Waals surface area contributed by atoms with Gasteiger partial charge < -0.3 is 9.84 Å². The van der Waals surface area contributed by atoms with E-state index < -0.39 is 0 Å². The molecule has 0 saturated carbocycles. The number of rotatable bonds is 7. The molecule has 0 aliphatic heterocycles. The first kappa shape index (κ1) is 15.8. The van der Waals surface area contributed by atoms with Gasteiger partial charge in [-0.25, -0.2) is 5.84 Å². The molecule has 0 aromatic heterocycles. The van der Waals surface area contributed by atoms with Crippen LogP contribution in [-0.2, 0) is 0 Å². The van der Waals surface area contributed by atoms with Crippen molar-refractivity contribution in [2.24, 2.45) is 5.84 Å². The first-order valence-electron chi connectivity index (χ1n) is 6.08. The second-order valence-electron chi connectivity index (χ2n) is 4.16. The molecule has 1 aromatic carbocycles. The van der Waals surface area contributed by atoms with Crippen LogP contribution in [-0.4, -0.2) is 34.7 Å². The maximum absolute atomic E-state index is 11.2. The summed E-state index contributed by atoms with van der Waals surface area (Å²) in [6.45, 7) is 4.32. The van der Waals surface area contributed by atoms with Crippen molar-refractivity contribution in [3.05, 3.63) is 29.8 Å². The van der Waals surface area contributed by atoms with Gasteiger partial charge in [0, 0.05) is 16.6 Å². The normalized spacial score (nSPS) is 13.7. The molecule has 0 saturated heterocycles. The zero-order valence-electron chi connectivity index (χ0n) is 11.1. The molecule has 1 rings (SSSR count). The molecule has 106 valence electrons. The predicted octanol–water partition coefficient (Wildman–Crippen LogP) is 1.17. The Morgan fingerprint density at radius 3 is 2.58 bits per heavy atom. The molecule has 0 radical (unpaired) electrons. The van der Waals surface area contributed by atoms with Crippen molar-refractivity contribution >= 4 is 17.7 Å². The Balaban J connectivity index is 2.32. The molecule has 6 heteroatoms. The number of nitrogens with two attached hydrogens (primary N) is 1. The Morgan fingerprint density at radius 1 is 1.42 bits per heavy atom. The number of nitrogen functional groups attached to an aromatic ring is 1. The van der Waals surface area contributed by atoms with Gasteiger partial charge in [-0.15, -0.1) is 0 Å². The number of benzene rings is 1. The van der Waals surface area contributed by atoms with Crippen LogP contribution in [0.15, 0.2) is 24.3 Å². The van der Waals surface area contributed by atoms with E-state index in [9.17, 15) is 9.90 Å². The fourth-order valence-corrected chi connectivity index (χ4v) is 2.15. The zero-order valence-corrected chi connectivity index (χ0v) is 11.9. The molecule has 19 heavy (non-hydrogen) atoms. The average Bonchev–Trinajstić information content (AvgIpc) is 2.43. The van der Waals surface area contributed by atoms with Gasteiger partial charge in [-0.05, 0) is 31.2 Å². The first-order valence-corrected chi connectivity index (χ1v) is 7.13. The van der Waals surface area contributed by atoms with Crippen LogP contribution >= 0.6 is 11.8 Å². The van der Waals surface area contributed by atoms with E-state index in [0.717, 1.165) is 5.75 Å². The number of ether oxygens (including phenoxy) is 1. The monoisotopic (exact) mass is 284 g/mol. The quantitative estimate of drug-likeness (QED) is 0.303. The van der Waals surface area contributed by atoms with Gasteiger partial charge >= 0.3 is 0 Å². The van der Waals surface area contributed by atoms with E-state index in [1.54, 1.807) is 43.0 Å². The van der Waals surface area contributed by atoms with E-state index in [1.807, 2.05) is 6.92 Å². The number of nitrogens with one attached hydrogen (secondary N) is 1.